The molecule has 162 valence electrons. The van der Waals surface area contributed by atoms with Gasteiger partial charge in [0.15, 0.2) is 0 Å². The molecule has 0 amide bonds. The minimum absolute atomic E-state index is 0.112. The molecule has 1 aliphatic heterocycles. The third-order valence-electron chi connectivity index (χ3n) is 6.90. The average molecular weight is 405 g/mol. The van der Waals surface area contributed by atoms with Crippen LogP contribution in [0.2, 0.25) is 0 Å². The quantitative estimate of drug-likeness (QED) is 0.552. The summed E-state index contributed by atoms with van der Waals surface area (Å²) in [5.41, 5.74) is 1.25. The Morgan fingerprint density at radius 2 is 1.93 bits per heavy atom. The van der Waals surface area contributed by atoms with E-state index >= 15 is 0 Å². The van der Waals surface area contributed by atoms with Crippen LogP contribution in [-0.4, -0.2) is 46.2 Å². The monoisotopic (exact) mass is 404 g/mol. The second kappa shape index (κ2) is 11.1. The van der Waals surface area contributed by atoms with Gasteiger partial charge in [0.05, 0.1) is 18.3 Å². The summed E-state index contributed by atoms with van der Waals surface area (Å²) in [5.74, 6) is 0.250. The topological polar surface area (TPSA) is 87.0 Å². The predicted molar refractivity (Wildman–Crippen MR) is 112 cm³/mol. The van der Waals surface area contributed by atoms with Crippen molar-refractivity contribution in [2.75, 3.05) is 6.61 Å². The van der Waals surface area contributed by atoms with Gasteiger partial charge in [-0.1, -0.05) is 30.3 Å². The van der Waals surface area contributed by atoms with Gasteiger partial charge < -0.3 is 20.1 Å². The molecule has 0 radical (unpaired) electrons. The standard InChI is InChI=1S/C24H36O5/c25-19(11-9-17-5-2-1-3-6-17)12-14-20-21-13-10-18(7-4-8-24(27)28)16-29-23(21)15-22(20)26/h1-3,5-6,18-23,25-26H,4,7-16H2,(H,27,28)/t18-,19-,20+,21+,22+,23-/m0/s1. The van der Waals surface area contributed by atoms with Crippen LogP contribution in [0.3, 0.4) is 0 Å². The van der Waals surface area contributed by atoms with Crippen LogP contribution in [0.25, 0.3) is 0 Å². The van der Waals surface area contributed by atoms with Crippen molar-refractivity contribution in [1.82, 2.24) is 0 Å². The number of hydrogen-bond acceptors (Lipinski definition) is 4. The van der Waals surface area contributed by atoms with Gasteiger partial charge in [-0.05, 0) is 74.7 Å². The fraction of sp³-hybridized carbons (Fsp3) is 0.708. The number of aliphatic hydroxyl groups is 2. The maximum Gasteiger partial charge on any atom is 0.303 e. The summed E-state index contributed by atoms with van der Waals surface area (Å²) < 4.78 is 6.14. The first-order valence-electron chi connectivity index (χ1n) is 11.3. The number of carboxylic acids is 1. The van der Waals surface area contributed by atoms with E-state index in [1.165, 1.54) is 5.56 Å². The molecule has 5 nitrogen and oxygen atoms in total. The summed E-state index contributed by atoms with van der Waals surface area (Å²) in [6.45, 7) is 0.680. The average Bonchev–Trinajstić information content (AvgIpc) is 2.87. The van der Waals surface area contributed by atoms with Crippen molar-refractivity contribution in [2.24, 2.45) is 17.8 Å². The largest absolute Gasteiger partial charge is 0.481 e. The summed E-state index contributed by atoms with van der Waals surface area (Å²) in [6, 6.07) is 10.2. The molecule has 1 aromatic rings. The lowest BCUT2D eigenvalue weighted by Gasteiger charge is -2.24. The Balaban J connectivity index is 1.43. The van der Waals surface area contributed by atoms with Crippen molar-refractivity contribution in [2.45, 2.75) is 82.5 Å². The lowest BCUT2D eigenvalue weighted by molar-refractivity contribution is -0.137. The minimum Gasteiger partial charge on any atom is -0.481 e. The fourth-order valence-electron chi connectivity index (χ4n) is 5.19. The van der Waals surface area contributed by atoms with Crippen LogP contribution in [0.5, 0.6) is 0 Å². The Morgan fingerprint density at radius 3 is 2.69 bits per heavy atom. The van der Waals surface area contributed by atoms with E-state index in [0.717, 1.165) is 44.9 Å². The van der Waals surface area contributed by atoms with Crippen molar-refractivity contribution in [3.63, 3.8) is 0 Å². The van der Waals surface area contributed by atoms with Crippen LogP contribution in [-0.2, 0) is 16.0 Å². The molecule has 0 bridgehead atoms. The number of aliphatic hydroxyl groups excluding tert-OH is 2. The number of fused-ring (bicyclic) bond motifs is 1. The van der Waals surface area contributed by atoms with Gasteiger partial charge in [0.1, 0.15) is 0 Å². The van der Waals surface area contributed by atoms with E-state index in [-0.39, 0.29) is 30.7 Å². The number of aliphatic carboxylic acids is 1. The van der Waals surface area contributed by atoms with Crippen LogP contribution >= 0.6 is 0 Å². The highest BCUT2D eigenvalue weighted by molar-refractivity contribution is 5.66. The summed E-state index contributed by atoms with van der Waals surface area (Å²) in [5, 5.41) is 29.8. The van der Waals surface area contributed by atoms with Gasteiger partial charge in [0.25, 0.3) is 0 Å². The van der Waals surface area contributed by atoms with Crippen molar-refractivity contribution in [1.29, 1.82) is 0 Å². The number of carboxylic acid groups (broad SMARTS) is 1. The van der Waals surface area contributed by atoms with Crippen LogP contribution in [0.4, 0.5) is 0 Å². The first-order valence-corrected chi connectivity index (χ1v) is 11.3. The fourth-order valence-corrected chi connectivity index (χ4v) is 5.19. The molecular weight excluding hydrogens is 368 g/mol. The Bertz CT molecular complexity index is 619. The van der Waals surface area contributed by atoms with Crippen LogP contribution in [0.15, 0.2) is 30.3 Å². The molecule has 1 aromatic carbocycles. The van der Waals surface area contributed by atoms with Gasteiger partial charge in [-0.2, -0.15) is 0 Å². The Labute approximate surface area is 174 Å². The first kappa shape index (κ1) is 22.3. The van der Waals surface area contributed by atoms with E-state index in [9.17, 15) is 15.0 Å². The number of rotatable bonds is 10. The smallest absolute Gasteiger partial charge is 0.303 e. The Morgan fingerprint density at radius 1 is 1.14 bits per heavy atom. The lowest BCUT2D eigenvalue weighted by Crippen LogP contribution is -2.24. The highest BCUT2D eigenvalue weighted by Gasteiger charge is 2.44. The second-order valence-corrected chi connectivity index (χ2v) is 8.99. The highest BCUT2D eigenvalue weighted by Crippen LogP contribution is 2.43. The molecule has 1 aliphatic carbocycles. The van der Waals surface area contributed by atoms with Crippen LogP contribution < -0.4 is 0 Å². The normalized spacial score (nSPS) is 30.5. The second-order valence-electron chi connectivity index (χ2n) is 8.99. The highest BCUT2D eigenvalue weighted by atomic mass is 16.5. The van der Waals surface area contributed by atoms with Crippen molar-refractivity contribution >= 4 is 5.97 Å². The summed E-state index contributed by atoms with van der Waals surface area (Å²) in [6.07, 6.45) is 7.23. The predicted octanol–water partition coefficient (Wildman–Crippen LogP) is 3.81. The summed E-state index contributed by atoms with van der Waals surface area (Å²) in [4.78, 5) is 10.7. The maximum atomic E-state index is 10.7. The molecule has 1 saturated heterocycles. The van der Waals surface area contributed by atoms with E-state index in [2.05, 4.69) is 12.1 Å². The molecule has 3 rings (SSSR count). The number of carbonyl (C=O) groups is 1. The minimum atomic E-state index is -0.731. The van der Waals surface area contributed by atoms with Gasteiger partial charge in [0, 0.05) is 19.4 Å². The molecule has 1 heterocycles. The van der Waals surface area contributed by atoms with E-state index in [1.807, 2.05) is 18.2 Å². The van der Waals surface area contributed by atoms with Crippen molar-refractivity contribution in [3.05, 3.63) is 35.9 Å². The van der Waals surface area contributed by atoms with Crippen molar-refractivity contribution in [3.8, 4) is 0 Å². The van der Waals surface area contributed by atoms with Gasteiger partial charge in [-0.15, -0.1) is 0 Å². The summed E-state index contributed by atoms with van der Waals surface area (Å²) >= 11 is 0. The molecule has 0 spiro atoms. The van der Waals surface area contributed by atoms with E-state index in [0.29, 0.717) is 31.3 Å². The molecule has 1 saturated carbocycles. The third-order valence-corrected chi connectivity index (χ3v) is 6.90. The molecule has 5 heteroatoms. The van der Waals surface area contributed by atoms with Crippen LogP contribution in [0, 0.1) is 17.8 Å². The molecule has 2 fully saturated rings. The third kappa shape index (κ3) is 6.80. The molecule has 29 heavy (non-hydrogen) atoms. The number of hydrogen-bond donors (Lipinski definition) is 3. The van der Waals surface area contributed by atoms with Gasteiger partial charge in [0.2, 0.25) is 0 Å². The molecule has 0 unspecified atom stereocenters. The molecule has 3 N–H and O–H groups in total. The lowest BCUT2D eigenvalue weighted by atomic mass is 9.83. The SMILES string of the molecule is O=C(O)CCC[C@H]1CC[C@@H]2[C@@H](CC[C@@H](O)CCc3ccccc3)[C@H](O)C[C@@H]2OC1. The zero-order valence-electron chi connectivity index (χ0n) is 17.3. The number of benzene rings is 1. The molecule has 2 aliphatic rings. The van der Waals surface area contributed by atoms with E-state index in [1.54, 1.807) is 0 Å². The summed E-state index contributed by atoms with van der Waals surface area (Å²) in [7, 11) is 0. The first-order chi connectivity index (χ1) is 14.0. The van der Waals surface area contributed by atoms with E-state index in [4.69, 9.17) is 9.84 Å². The van der Waals surface area contributed by atoms with Gasteiger partial charge in [-0.3, -0.25) is 4.79 Å². The Kier molecular flexibility index (Phi) is 8.52. The molecule has 6 atom stereocenters. The zero-order chi connectivity index (χ0) is 20.6. The van der Waals surface area contributed by atoms with Gasteiger partial charge >= 0.3 is 5.97 Å². The Hall–Kier alpha value is -1.43. The van der Waals surface area contributed by atoms with E-state index < -0.39 is 5.97 Å². The van der Waals surface area contributed by atoms with Crippen LogP contribution in [0.1, 0.15) is 63.4 Å². The maximum absolute atomic E-state index is 10.7. The molecular formula is C24H36O5. The zero-order valence-corrected chi connectivity index (χ0v) is 17.3. The number of aryl methyl sites for hydroxylation is 1. The molecule has 0 aromatic heterocycles. The van der Waals surface area contributed by atoms with Crippen molar-refractivity contribution < 1.29 is 24.9 Å². The number of ether oxygens (including phenoxy) is 1. The van der Waals surface area contributed by atoms with Gasteiger partial charge in [-0.25, -0.2) is 0 Å².